The Bertz CT molecular complexity index is 765. The fraction of sp³-hybridized carbons (Fsp3) is 0.444. The van der Waals surface area contributed by atoms with Gasteiger partial charge in [0, 0.05) is 11.6 Å². The van der Waals surface area contributed by atoms with E-state index < -0.39 is 0 Å². The average molecular weight is 378 g/mol. The van der Waals surface area contributed by atoms with Gasteiger partial charge in [-0.1, -0.05) is 96.0 Å². The lowest BCUT2D eigenvalue weighted by Crippen LogP contribution is -2.06. The van der Waals surface area contributed by atoms with Gasteiger partial charge in [0.15, 0.2) is 0 Å². The van der Waals surface area contributed by atoms with Crippen molar-refractivity contribution in [2.24, 2.45) is 4.99 Å². The third-order valence-electron chi connectivity index (χ3n) is 4.96. The van der Waals surface area contributed by atoms with Gasteiger partial charge in [-0.05, 0) is 55.0 Å². The van der Waals surface area contributed by atoms with Crippen molar-refractivity contribution in [1.29, 1.82) is 0 Å². The van der Waals surface area contributed by atoms with Crippen LogP contribution in [0.25, 0.3) is 5.57 Å². The van der Waals surface area contributed by atoms with Crippen LogP contribution in [0.1, 0.15) is 95.4 Å². The molecule has 0 bridgehead atoms. The number of rotatable bonds is 6. The van der Waals surface area contributed by atoms with Gasteiger partial charge in [-0.3, -0.25) is 4.99 Å². The molecular weight excluding hydrogens is 338 g/mol. The summed E-state index contributed by atoms with van der Waals surface area (Å²) >= 11 is 0. The molecule has 0 saturated carbocycles. The Balaban J connectivity index is 0.000000921. The van der Waals surface area contributed by atoms with Crippen LogP contribution in [0, 0.1) is 6.92 Å². The zero-order chi connectivity index (χ0) is 21.1. The molecule has 1 heteroatoms. The van der Waals surface area contributed by atoms with Crippen LogP contribution in [-0.2, 0) is 0 Å². The lowest BCUT2D eigenvalue weighted by atomic mass is 9.87. The molecule has 3 rings (SSSR count). The molecule has 1 nitrogen and oxygen atoms in total. The number of nitrogens with zero attached hydrogens (tertiary/aromatic N) is 1. The normalized spacial score (nSPS) is 14.1. The summed E-state index contributed by atoms with van der Waals surface area (Å²) in [4.78, 5) is 4.85. The van der Waals surface area contributed by atoms with Crippen molar-refractivity contribution in [3.05, 3.63) is 71.3 Å². The van der Waals surface area contributed by atoms with Crippen LogP contribution in [0.2, 0.25) is 0 Å². The number of unbranched alkanes of at least 4 members (excludes halogenated alkanes) is 2. The van der Waals surface area contributed by atoms with Gasteiger partial charge in [0.05, 0.1) is 5.69 Å². The Kier molecular flexibility index (Phi) is 10.5. The van der Waals surface area contributed by atoms with E-state index in [1.807, 2.05) is 27.7 Å². The molecule has 1 aliphatic rings. The first-order valence-electron chi connectivity index (χ1n) is 11.0. The smallest absolute Gasteiger partial charge is 0.0677 e. The Morgan fingerprint density at radius 2 is 1.57 bits per heavy atom. The monoisotopic (exact) mass is 377 g/mol. The van der Waals surface area contributed by atoms with Crippen LogP contribution >= 0.6 is 0 Å². The Hall–Kier alpha value is -2.15. The maximum Gasteiger partial charge on any atom is 0.0677 e. The number of aliphatic imine (C=N–C) groups is 1. The number of benzene rings is 2. The lowest BCUT2D eigenvalue weighted by molar-refractivity contribution is 0.736. The highest BCUT2D eigenvalue weighted by atomic mass is 14.8. The van der Waals surface area contributed by atoms with Crippen molar-refractivity contribution in [3.8, 4) is 0 Å². The second-order valence-corrected chi connectivity index (χ2v) is 6.93. The van der Waals surface area contributed by atoms with Crippen molar-refractivity contribution < 1.29 is 0 Å². The van der Waals surface area contributed by atoms with Gasteiger partial charge in [-0.2, -0.15) is 0 Å². The second-order valence-electron chi connectivity index (χ2n) is 6.93. The quantitative estimate of drug-likeness (QED) is 0.446. The molecule has 2 aromatic carbocycles. The van der Waals surface area contributed by atoms with Crippen LogP contribution in [0.15, 0.2) is 54.0 Å². The van der Waals surface area contributed by atoms with Gasteiger partial charge in [0.25, 0.3) is 0 Å². The third-order valence-corrected chi connectivity index (χ3v) is 4.96. The molecule has 0 spiro atoms. The van der Waals surface area contributed by atoms with Crippen molar-refractivity contribution in [2.75, 3.05) is 0 Å². The summed E-state index contributed by atoms with van der Waals surface area (Å²) in [6.45, 7) is 18.8. The Labute approximate surface area is 173 Å². The molecule has 1 heterocycles. The summed E-state index contributed by atoms with van der Waals surface area (Å²) in [5.41, 5.74) is 8.72. The van der Waals surface area contributed by atoms with E-state index in [0.717, 1.165) is 12.1 Å². The van der Waals surface area contributed by atoms with Crippen molar-refractivity contribution in [3.63, 3.8) is 0 Å². The molecule has 2 aromatic rings. The minimum absolute atomic E-state index is 0.294. The number of fused-ring (bicyclic) bond motifs is 1. The highest BCUT2D eigenvalue weighted by Gasteiger charge is 2.26. The first kappa shape index (κ1) is 23.9. The highest BCUT2D eigenvalue weighted by molar-refractivity contribution is 5.99. The summed E-state index contributed by atoms with van der Waals surface area (Å²) in [6, 6.07) is 15.5. The topological polar surface area (TPSA) is 12.4 Å². The van der Waals surface area contributed by atoms with Gasteiger partial charge in [-0.25, -0.2) is 0 Å². The zero-order valence-electron chi connectivity index (χ0n) is 19.1. The molecule has 0 aromatic heterocycles. The van der Waals surface area contributed by atoms with E-state index >= 15 is 0 Å². The van der Waals surface area contributed by atoms with Crippen molar-refractivity contribution in [2.45, 2.75) is 80.1 Å². The molecule has 0 saturated heterocycles. The predicted molar refractivity (Wildman–Crippen MR) is 128 cm³/mol. The predicted octanol–water partition coefficient (Wildman–Crippen LogP) is 8.88. The minimum Gasteiger partial charge on any atom is -0.257 e. The number of hydrogen-bond donors (Lipinski definition) is 0. The number of aryl methyl sites for hydroxylation is 1. The van der Waals surface area contributed by atoms with Crippen molar-refractivity contribution >= 4 is 17.0 Å². The van der Waals surface area contributed by atoms with Gasteiger partial charge in [0.2, 0.25) is 0 Å². The Morgan fingerprint density at radius 3 is 2.18 bits per heavy atom. The van der Waals surface area contributed by atoms with Gasteiger partial charge in [0.1, 0.15) is 0 Å². The maximum atomic E-state index is 4.85. The fourth-order valence-electron chi connectivity index (χ4n) is 3.50. The third kappa shape index (κ3) is 5.92. The molecule has 0 N–H and O–H groups in total. The molecular formula is C27H39N. The van der Waals surface area contributed by atoms with Gasteiger partial charge >= 0.3 is 0 Å². The fourth-order valence-corrected chi connectivity index (χ4v) is 3.50. The summed E-state index contributed by atoms with van der Waals surface area (Å²) in [5, 5.41) is 0. The first-order chi connectivity index (χ1) is 13.6. The average Bonchev–Trinajstić information content (AvgIpc) is 3.06. The first-order valence-corrected chi connectivity index (χ1v) is 11.0. The van der Waals surface area contributed by atoms with E-state index in [0.29, 0.717) is 5.92 Å². The molecule has 1 aliphatic heterocycles. The van der Waals surface area contributed by atoms with Gasteiger partial charge in [-0.15, -0.1) is 0 Å². The maximum absolute atomic E-state index is 4.85. The molecule has 28 heavy (non-hydrogen) atoms. The standard InChI is InChI=1S/C23H27N.2C2H6/c1-5-6-7-8-17(3)20-13-14-21-22(15-20)24-18(4)23(21)19-11-9-16(2)10-12-19;2*1-2/h9-15,23H,3,5-8H2,1-2,4H3;2*1-2H3. The molecule has 1 unspecified atom stereocenters. The zero-order valence-corrected chi connectivity index (χ0v) is 19.1. The molecule has 152 valence electrons. The molecule has 0 radical (unpaired) electrons. The lowest BCUT2D eigenvalue weighted by Gasteiger charge is -2.14. The molecule has 1 atom stereocenters. The van der Waals surface area contributed by atoms with E-state index in [2.05, 4.69) is 69.8 Å². The van der Waals surface area contributed by atoms with E-state index in [1.165, 1.54) is 52.8 Å². The second kappa shape index (κ2) is 12.3. The van der Waals surface area contributed by atoms with E-state index in [-0.39, 0.29) is 0 Å². The summed E-state index contributed by atoms with van der Waals surface area (Å²) in [5.74, 6) is 0.294. The largest absolute Gasteiger partial charge is 0.257 e. The Morgan fingerprint density at radius 1 is 0.929 bits per heavy atom. The SMILES string of the molecule is C=C(CCCCC)c1ccc2c(c1)N=C(C)C2c1ccc(C)cc1.CC.CC. The van der Waals surface area contributed by atoms with Crippen LogP contribution < -0.4 is 0 Å². The molecule has 0 amide bonds. The minimum atomic E-state index is 0.294. The van der Waals surface area contributed by atoms with Crippen LogP contribution in [0.4, 0.5) is 5.69 Å². The number of allylic oxidation sites excluding steroid dienone is 1. The van der Waals surface area contributed by atoms with Crippen LogP contribution in [-0.4, -0.2) is 5.71 Å². The molecule has 0 aliphatic carbocycles. The summed E-state index contributed by atoms with van der Waals surface area (Å²) in [6.07, 6.45) is 4.83. The van der Waals surface area contributed by atoms with E-state index in [9.17, 15) is 0 Å². The van der Waals surface area contributed by atoms with Gasteiger partial charge < -0.3 is 0 Å². The van der Waals surface area contributed by atoms with E-state index in [1.54, 1.807) is 0 Å². The van der Waals surface area contributed by atoms with Crippen molar-refractivity contribution in [1.82, 2.24) is 0 Å². The van der Waals surface area contributed by atoms with Crippen LogP contribution in [0.5, 0.6) is 0 Å². The number of hydrogen-bond acceptors (Lipinski definition) is 1. The summed E-state index contributed by atoms with van der Waals surface area (Å²) < 4.78 is 0. The highest BCUT2D eigenvalue weighted by Crippen LogP contribution is 2.41. The van der Waals surface area contributed by atoms with E-state index in [4.69, 9.17) is 4.99 Å². The summed E-state index contributed by atoms with van der Waals surface area (Å²) in [7, 11) is 0. The van der Waals surface area contributed by atoms with Crippen LogP contribution in [0.3, 0.4) is 0 Å². The molecule has 0 fully saturated rings.